The summed E-state index contributed by atoms with van der Waals surface area (Å²) in [4.78, 5) is 38.3. The molecule has 0 N–H and O–H groups in total. The summed E-state index contributed by atoms with van der Waals surface area (Å²) in [6.45, 7) is 6.70. The third-order valence-electron chi connectivity index (χ3n) is 14.7. The number of unbranched alkanes of at least 4 members (excludes halogenated alkanes) is 45. The summed E-state index contributed by atoms with van der Waals surface area (Å²) >= 11 is 0. The minimum Gasteiger partial charge on any atom is -0.462 e. The van der Waals surface area contributed by atoms with E-state index >= 15 is 0 Å². The van der Waals surface area contributed by atoms with Gasteiger partial charge in [-0.15, -0.1) is 0 Å². The lowest BCUT2D eigenvalue weighted by Gasteiger charge is -2.18. The monoisotopic (exact) mass is 1010 g/mol. The zero-order chi connectivity index (χ0) is 52.2. The predicted octanol–water partition coefficient (Wildman–Crippen LogP) is 21.8. The van der Waals surface area contributed by atoms with Crippen molar-refractivity contribution in [1.29, 1.82) is 0 Å². The van der Waals surface area contributed by atoms with Gasteiger partial charge in [-0.3, -0.25) is 14.4 Å². The Labute approximate surface area is 449 Å². The Balaban J connectivity index is 4.28. The Morgan fingerprint density at radius 2 is 0.458 bits per heavy atom. The Morgan fingerprint density at radius 3 is 0.694 bits per heavy atom. The predicted molar refractivity (Wildman–Crippen MR) is 312 cm³/mol. The first-order valence-corrected chi connectivity index (χ1v) is 32.3. The molecule has 0 saturated carbocycles. The number of allylic oxidation sites excluding steroid dienone is 4. The molecule has 0 heterocycles. The number of carbonyl (C=O) groups excluding carboxylic acids is 3. The third kappa shape index (κ3) is 58.8. The fourth-order valence-corrected chi connectivity index (χ4v) is 9.79. The zero-order valence-corrected chi connectivity index (χ0v) is 48.7. The first-order chi connectivity index (χ1) is 35.5. The van der Waals surface area contributed by atoms with Crippen LogP contribution in [0.1, 0.15) is 361 Å². The van der Waals surface area contributed by atoms with E-state index in [-0.39, 0.29) is 31.1 Å². The summed E-state index contributed by atoms with van der Waals surface area (Å²) in [5, 5.41) is 0. The van der Waals surface area contributed by atoms with E-state index in [1.165, 1.54) is 257 Å². The Morgan fingerprint density at radius 1 is 0.264 bits per heavy atom. The van der Waals surface area contributed by atoms with Gasteiger partial charge in [0.05, 0.1) is 0 Å². The second-order valence-corrected chi connectivity index (χ2v) is 22.0. The van der Waals surface area contributed by atoms with Crippen molar-refractivity contribution in [3.05, 3.63) is 24.3 Å². The van der Waals surface area contributed by atoms with E-state index in [9.17, 15) is 14.4 Å². The van der Waals surface area contributed by atoms with E-state index in [0.29, 0.717) is 19.3 Å². The molecular formula is C66H124O6. The summed E-state index contributed by atoms with van der Waals surface area (Å²) < 4.78 is 16.9. The summed E-state index contributed by atoms with van der Waals surface area (Å²) in [5.74, 6) is -0.853. The maximum absolute atomic E-state index is 12.9. The van der Waals surface area contributed by atoms with Crippen LogP contribution in [0.5, 0.6) is 0 Å². The van der Waals surface area contributed by atoms with Crippen LogP contribution in [0.4, 0.5) is 0 Å². The second kappa shape index (κ2) is 61.4. The molecule has 72 heavy (non-hydrogen) atoms. The van der Waals surface area contributed by atoms with Crippen LogP contribution in [0.15, 0.2) is 24.3 Å². The molecule has 0 fully saturated rings. The van der Waals surface area contributed by atoms with Gasteiger partial charge in [-0.25, -0.2) is 0 Å². The molecule has 0 aliphatic carbocycles. The number of esters is 3. The van der Waals surface area contributed by atoms with Crippen LogP contribution in [-0.2, 0) is 28.6 Å². The number of carbonyl (C=O) groups is 3. The fourth-order valence-electron chi connectivity index (χ4n) is 9.79. The maximum Gasteiger partial charge on any atom is 0.306 e. The molecule has 0 aromatic rings. The van der Waals surface area contributed by atoms with Crippen LogP contribution < -0.4 is 0 Å². The molecule has 1 atom stereocenters. The quantitative estimate of drug-likeness (QED) is 0.0261. The van der Waals surface area contributed by atoms with Crippen molar-refractivity contribution in [2.75, 3.05) is 13.2 Å². The van der Waals surface area contributed by atoms with Gasteiger partial charge >= 0.3 is 17.9 Å². The Hall–Kier alpha value is -2.11. The van der Waals surface area contributed by atoms with E-state index < -0.39 is 6.10 Å². The minimum atomic E-state index is -0.773. The molecule has 0 amide bonds. The third-order valence-corrected chi connectivity index (χ3v) is 14.7. The molecule has 6 nitrogen and oxygen atoms in total. The van der Waals surface area contributed by atoms with Crippen LogP contribution in [0, 0.1) is 0 Å². The summed E-state index contributed by atoms with van der Waals surface area (Å²) in [7, 11) is 0. The molecule has 0 radical (unpaired) electrons. The molecule has 1 unspecified atom stereocenters. The first-order valence-electron chi connectivity index (χ1n) is 32.3. The second-order valence-electron chi connectivity index (χ2n) is 22.0. The molecule has 424 valence electrons. The Kier molecular flexibility index (Phi) is 59.6. The highest BCUT2D eigenvalue weighted by molar-refractivity contribution is 5.71. The molecular weight excluding hydrogens is 889 g/mol. The number of hydrogen-bond donors (Lipinski definition) is 0. The van der Waals surface area contributed by atoms with Crippen LogP contribution >= 0.6 is 0 Å². The molecule has 0 aliphatic rings. The smallest absolute Gasteiger partial charge is 0.306 e. The highest BCUT2D eigenvalue weighted by atomic mass is 16.6. The molecule has 0 aromatic heterocycles. The molecule has 0 aromatic carbocycles. The van der Waals surface area contributed by atoms with Gasteiger partial charge in [0.1, 0.15) is 13.2 Å². The molecule has 0 saturated heterocycles. The summed E-state index contributed by atoms with van der Waals surface area (Å²) in [6, 6.07) is 0. The SMILES string of the molecule is CCCCCCCCC/C=C\CCCCCCCC(=O)OC(COC(=O)CCCCCCCCCCCCC/C=C\CCCCCCCCCC)COC(=O)CCCCCCCCCCCCCCCCC. The largest absolute Gasteiger partial charge is 0.462 e. The van der Waals surface area contributed by atoms with Crippen molar-refractivity contribution in [2.24, 2.45) is 0 Å². The van der Waals surface area contributed by atoms with Gasteiger partial charge in [-0.1, -0.05) is 295 Å². The zero-order valence-electron chi connectivity index (χ0n) is 48.7. The van der Waals surface area contributed by atoms with Gasteiger partial charge in [0.2, 0.25) is 0 Å². The van der Waals surface area contributed by atoms with Gasteiger partial charge in [-0.2, -0.15) is 0 Å². The molecule has 0 bridgehead atoms. The van der Waals surface area contributed by atoms with Gasteiger partial charge in [0, 0.05) is 19.3 Å². The van der Waals surface area contributed by atoms with E-state index in [2.05, 4.69) is 45.1 Å². The van der Waals surface area contributed by atoms with Crippen LogP contribution in [0.2, 0.25) is 0 Å². The molecule has 0 aliphatic heterocycles. The lowest BCUT2D eigenvalue weighted by Crippen LogP contribution is -2.30. The normalized spacial score (nSPS) is 12.1. The average Bonchev–Trinajstić information content (AvgIpc) is 3.38. The fraction of sp³-hybridized carbons (Fsp3) is 0.894. The van der Waals surface area contributed by atoms with Crippen LogP contribution in [-0.4, -0.2) is 37.2 Å². The molecule has 0 rings (SSSR count). The van der Waals surface area contributed by atoms with Crippen molar-refractivity contribution >= 4 is 17.9 Å². The van der Waals surface area contributed by atoms with E-state index in [4.69, 9.17) is 14.2 Å². The van der Waals surface area contributed by atoms with Gasteiger partial charge < -0.3 is 14.2 Å². The topological polar surface area (TPSA) is 78.9 Å². The van der Waals surface area contributed by atoms with E-state index in [1.54, 1.807) is 0 Å². The van der Waals surface area contributed by atoms with E-state index in [1.807, 2.05) is 0 Å². The Bertz CT molecular complexity index is 1160. The number of ether oxygens (including phenoxy) is 3. The van der Waals surface area contributed by atoms with Crippen molar-refractivity contribution in [1.82, 2.24) is 0 Å². The molecule has 0 spiro atoms. The number of hydrogen-bond acceptors (Lipinski definition) is 6. The van der Waals surface area contributed by atoms with Gasteiger partial charge in [-0.05, 0) is 70.6 Å². The summed E-state index contributed by atoms with van der Waals surface area (Å²) in [5.41, 5.74) is 0. The highest BCUT2D eigenvalue weighted by Gasteiger charge is 2.19. The summed E-state index contributed by atoms with van der Waals surface area (Å²) in [6.07, 6.45) is 73.3. The standard InChI is InChI=1S/C66H124O6/c1-4-7-10-13-16-19-22-25-28-30-31-32-33-34-35-36-39-41-44-47-50-53-56-59-65(68)71-62-63(61-70-64(67)58-55-52-49-46-43-40-37-27-24-21-18-15-12-9-6-3)72-66(69)60-57-54-51-48-45-42-38-29-26-23-20-17-14-11-8-5-2/h29-31,38,63H,4-28,32-37,39-62H2,1-3H3/b31-30-,38-29-. The number of rotatable bonds is 60. The van der Waals surface area contributed by atoms with Crippen molar-refractivity contribution < 1.29 is 28.6 Å². The lowest BCUT2D eigenvalue weighted by atomic mass is 10.0. The average molecular weight is 1010 g/mol. The van der Waals surface area contributed by atoms with E-state index in [0.717, 1.165) is 64.2 Å². The molecule has 6 heteroatoms. The first kappa shape index (κ1) is 69.9. The maximum atomic E-state index is 12.9. The van der Waals surface area contributed by atoms with Crippen LogP contribution in [0.25, 0.3) is 0 Å². The van der Waals surface area contributed by atoms with Gasteiger partial charge in [0.25, 0.3) is 0 Å². The van der Waals surface area contributed by atoms with Crippen molar-refractivity contribution in [2.45, 2.75) is 367 Å². The minimum absolute atomic E-state index is 0.0696. The van der Waals surface area contributed by atoms with Crippen molar-refractivity contribution in [3.8, 4) is 0 Å². The lowest BCUT2D eigenvalue weighted by molar-refractivity contribution is -0.167. The van der Waals surface area contributed by atoms with Crippen molar-refractivity contribution in [3.63, 3.8) is 0 Å². The highest BCUT2D eigenvalue weighted by Crippen LogP contribution is 2.17. The van der Waals surface area contributed by atoms with Gasteiger partial charge in [0.15, 0.2) is 6.10 Å². The van der Waals surface area contributed by atoms with Crippen LogP contribution in [0.3, 0.4) is 0 Å².